The molecular weight excluding hydrogens is 553 g/mol. The van der Waals surface area contributed by atoms with Gasteiger partial charge in [0.25, 0.3) is 5.91 Å². The van der Waals surface area contributed by atoms with E-state index in [1.165, 1.54) is 29.9 Å². The Morgan fingerprint density at radius 1 is 0.884 bits per heavy atom. The molecule has 0 fully saturated rings. The first-order chi connectivity index (χ1) is 20.9. The molecule has 0 saturated heterocycles. The number of fused-ring (bicyclic) bond motifs is 1. The van der Waals surface area contributed by atoms with Crippen LogP contribution in [0.4, 0.5) is 10.1 Å². The smallest absolute Gasteiger partial charge is 0.251 e. The molecular formula is C32H30FN5O5. The molecule has 1 aromatic heterocycles. The van der Waals surface area contributed by atoms with Gasteiger partial charge in [0, 0.05) is 17.8 Å². The van der Waals surface area contributed by atoms with E-state index >= 15 is 0 Å². The summed E-state index contributed by atoms with van der Waals surface area (Å²) in [6, 6.07) is 23.9. The summed E-state index contributed by atoms with van der Waals surface area (Å²) in [4.78, 5) is 29.6. The molecule has 2 amide bonds. The SMILES string of the molecule is COc1ccc(NC(=O)C(c2ccc(OC)c(OC)c2)N(Cc2ccccc2F)C(=O)Cn2nnc3ccccc32)cc1. The Bertz CT molecular complexity index is 1740. The van der Waals surface area contributed by atoms with E-state index in [2.05, 4.69) is 15.6 Å². The number of hydrogen-bond donors (Lipinski definition) is 1. The van der Waals surface area contributed by atoms with Crippen molar-refractivity contribution in [2.75, 3.05) is 26.6 Å². The number of halogens is 1. The maximum Gasteiger partial charge on any atom is 0.251 e. The van der Waals surface area contributed by atoms with Crippen LogP contribution in [0, 0.1) is 5.82 Å². The van der Waals surface area contributed by atoms with E-state index in [4.69, 9.17) is 14.2 Å². The Morgan fingerprint density at radius 3 is 2.33 bits per heavy atom. The zero-order valence-electron chi connectivity index (χ0n) is 23.9. The number of hydrogen-bond acceptors (Lipinski definition) is 7. The van der Waals surface area contributed by atoms with E-state index in [0.717, 1.165) is 0 Å². The number of rotatable bonds is 11. The van der Waals surface area contributed by atoms with Crippen molar-refractivity contribution in [3.63, 3.8) is 0 Å². The topological polar surface area (TPSA) is 108 Å². The average molecular weight is 584 g/mol. The van der Waals surface area contributed by atoms with Gasteiger partial charge < -0.3 is 24.4 Å². The molecule has 43 heavy (non-hydrogen) atoms. The first-order valence-electron chi connectivity index (χ1n) is 13.4. The predicted octanol–water partition coefficient (Wildman–Crippen LogP) is 5.01. The van der Waals surface area contributed by atoms with Crippen LogP contribution in [-0.4, -0.2) is 53.0 Å². The van der Waals surface area contributed by atoms with Crippen LogP contribution >= 0.6 is 0 Å². The second-order valence-electron chi connectivity index (χ2n) is 9.58. The van der Waals surface area contributed by atoms with Crippen molar-refractivity contribution in [3.05, 3.63) is 108 Å². The summed E-state index contributed by atoms with van der Waals surface area (Å²) >= 11 is 0. The summed E-state index contributed by atoms with van der Waals surface area (Å²) in [7, 11) is 4.53. The third-order valence-corrected chi connectivity index (χ3v) is 6.97. The van der Waals surface area contributed by atoms with Crippen molar-refractivity contribution in [3.8, 4) is 17.2 Å². The molecule has 1 unspecified atom stereocenters. The number of nitrogens with one attached hydrogen (secondary N) is 1. The molecule has 220 valence electrons. The van der Waals surface area contributed by atoms with Crippen LogP contribution in [0.15, 0.2) is 91.0 Å². The van der Waals surface area contributed by atoms with Gasteiger partial charge in [-0.25, -0.2) is 9.07 Å². The number of aromatic nitrogens is 3. The number of anilines is 1. The van der Waals surface area contributed by atoms with Crippen molar-refractivity contribution >= 4 is 28.5 Å². The number of ether oxygens (including phenoxy) is 3. The highest BCUT2D eigenvalue weighted by molar-refractivity contribution is 5.98. The molecule has 0 saturated carbocycles. The number of methoxy groups -OCH3 is 3. The van der Waals surface area contributed by atoms with Gasteiger partial charge in [-0.2, -0.15) is 0 Å². The van der Waals surface area contributed by atoms with Gasteiger partial charge in [-0.15, -0.1) is 5.10 Å². The van der Waals surface area contributed by atoms with Gasteiger partial charge in [-0.1, -0.05) is 41.6 Å². The summed E-state index contributed by atoms with van der Waals surface area (Å²) < 4.78 is 32.6. The lowest BCUT2D eigenvalue weighted by molar-refractivity contribution is -0.140. The lowest BCUT2D eigenvalue weighted by atomic mass is 10.0. The van der Waals surface area contributed by atoms with Crippen LogP contribution < -0.4 is 19.5 Å². The second kappa shape index (κ2) is 13.0. The monoisotopic (exact) mass is 583 g/mol. The molecule has 0 aliphatic heterocycles. The van der Waals surface area contributed by atoms with Gasteiger partial charge in [0.1, 0.15) is 29.7 Å². The second-order valence-corrected chi connectivity index (χ2v) is 9.58. The Balaban J connectivity index is 1.60. The van der Waals surface area contributed by atoms with Crippen LogP contribution in [0.25, 0.3) is 11.0 Å². The fourth-order valence-electron chi connectivity index (χ4n) is 4.77. The molecule has 0 bridgehead atoms. The van der Waals surface area contributed by atoms with E-state index in [9.17, 15) is 14.0 Å². The maximum absolute atomic E-state index is 15.0. The van der Waals surface area contributed by atoms with E-state index in [-0.39, 0.29) is 18.7 Å². The molecule has 1 heterocycles. The van der Waals surface area contributed by atoms with Crippen LogP contribution in [-0.2, 0) is 22.7 Å². The third-order valence-electron chi connectivity index (χ3n) is 6.97. The molecule has 5 aromatic rings. The van der Waals surface area contributed by atoms with Gasteiger partial charge in [0.05, 0.1) is 26.8 Å². The Labute approximate surface area is 247 Å². The average Bonchev–Trinajstić information content (AvgIpc) is 3.44. The standard InChI is InChI=1S/C32H30FN5O5/c1-41-24-15-13-23(14-16-24)34-32(40)31(21-12-17-28(42-2)29(18-21)43-3)37(19-22-8-4-5-9-25(22)33)30(39)20-38-27-11-7-6-10-26(27)35-36-38/h4-18,31H,19-20H2,1-3H3,(H,34,40). The van der Waals surface area contributed by atoms with E-state index < -0.39 is 23.7 Å². The molecule has 1 N–H and O–H groups in total. The van der Waals surface area contributed by atoms with Gasteiger partial charge in [0.15, 0.2) is 11.5 Å². The van der Waals surface area contributed by atoms with Crippen LogP contribution in [0.3, 0.4) is 0 Å². The lowest BCUT2D eigenvalue weighted by Crippen LogP contribution is -2.42. The summed E-state index contributed by atoms with van der Waals surface area (Å²) in [5.41, 5.74) is 2.41. The molecule has 0 radical (unpaired) electrons. The molecule has 0 spiro atoms. The van der Waals surface area contributed by atoms with Crippen molar-refractivity contribution < 1.29 is 28.2 Å². The quantitative estimate of drug-likeness (QED) is 0.233. The minimum atomic E-state index is -1.20. The first kappa shape index (κ1) is 29.1. The Kier molecular flexibility index (Phi) is 8.80. The molecule has 11 heteroatoms. The van der Waals surface area contributed by atoms with E-state index in [1.807, 2.05) is 12.1 Å². The number of carbonyl (C=O) groups excluding carboxylic acids is 2. The maximum atomic E-state index is 15.0. The van der Waals surface area contributed by atoms with Gasteiger partial charge in [-0.05, 0) is 60.2 Å². The number of amides is 2. The third kappa shape index (κ3) is 6.40. The Hall–Kier alpha value is -5.45. The van der Waals surface area contributed by atoms with Gasteiger partial charge >= 0.3 is 0 Å². The highest BCUT2D eigenvalue weighted by atomic mass is 19.1. The summed E-state index contributed by atoms with van der Waals surface area (Å²) in [5, 5.41) is 11.2. The molecule has 0 aliphatic rings. The highest BCUT2D eigenvalue weighted by Crippen LogP contribution is 2.34. The summed E-state index contributed by atoms with van der Waals surface area (Å²) in [6.45, 7) is -0.443. The number of nitrogens with zero attached hydrogens (tertiary/aromatic N) is 4. The van der Waals surface area contributed by atoms with Crippen LogP contribution in [0.1, 0.15) is 17.2 Å². The minimum Gasteiger partial charge on any atom is -0.497 e. The molecule has 10 nitrogen and oxygen atoms in total. The fourth-order valence-corrected chi connectivity index (χ4v) is 4.77. The van der Waals surface area contributed by atoms with Gasteiger partial charge in [-0.3, -0.25) is 9.59 Å². The fraction of sp³-hybridized carbons (Fsp3) is 0.188. The molecule has 0 aliphatic carbocycles. The normalized spacial score (nSPS) is 11.5. The molecule has 5 rings (SSSR count). The first-order valence-corrected chi connectivity index (χ1v) is 13.4. The highest BCUT2D eigenvalue weighted by Gasteiger charge is 2.33. The zero-order valence-corrected chi connectivity index (χ0v) is 23.9. The molecule has 4 aromatic carbocycles. The van der Waals surface area contributed by atoms with Crippen molar-refractivity contribution in [2.45, 2.75) is 19.1 Å². The largest absolute Gasteiger partial charge is 0.497 e. The van der Waals surface area contributed by atoms with Gasteiger partial charge in [0.2, 0.25) is 5.91 Å². The van der Waals surface area contributed by atoms with Crippen LogP contribution in [0.2, 0.25) is 0 Å². The van der Waals surface area contributed by atoms with Crippen molar-refractivity contribution in [1.29, 1.82) is 0 Å². The van der Waals surface area contributed by atoms with Crippen molar-refractivity contribution in [2.24, 2.45) is 0 Å². The zero-order chi connectivity index (χ0) is 30.3. The van der Waals surface area contributed by atoms with E-state index in [0.29, 0.717) is 39.5 Å². The summed E-state index contributed by atoms with van der Waals surface area (Å²) in [5.74, 6) is -0.0856. The lowest BCUT2D eigenvalue weighted by Gasteiger charge is -2.32. The van der Waals surface area contributed by atoms with Crippen LogP contribution in [0.5, 0.6) is 17.2 Å². The number of para-hydroxylation sites is 1. The Morgan fingerprint density at radius 2 is 1.60 bits per heavy atom. The van der Waals surface area contributed by atoms with E-state index in [1.54, 1.807) is 79.9 Å². The van der Waals surface area contributed by atoms with Crippen molar-refractivity contribution in [1.82, 2.24) is 19.9 Å². The predicted molar refractivity (Wildman–Crippen MR) is 158 cm³/mol. The minimum absolute atomic E-state index is 0.201. The number of benzene rings is 4. The molecule has 1 atom stereocenters. The summed E-state index contributed by atoms with van der Waals surface area (Å²) in [6.07, 6.45) is 0. The number of carbonyl (C=O) groups is 2.